The first-order valence-corrected chi connectivity index (χ1v) is 9.07. The summed E-state index contributed by atoms with van der Waals surface area (Å²) >= 11 is 6.88. The predicted octanol–water partition coefficient (Wildman–Crippen LogP) is 5.09. The molecule has 4 nitrogen and oxygen atoms in total. The van der Waals surface area contributed by atoms with E-state index >= 15 is 0 Å². The fraction of sp³-hybridized carbons (Fsp3) is 0.176. The van der Waals surface area contributed by atoms with Gasteiger partial charge in [-0.25, -0.2) is 9.07 Å². The van der Waals surface area contributed by atoms with E-state index in [-0.39, 0.29) is 17.9 Å². The van der Waals surface area contributed by atoms with Crippen molar-refractivity contribution in [2.24, 2.45) is 0 Å². The zero-order chi connectivity index (χ0) is 16.7. The molecule has 0 bridgehead atoms. The lowest BCUT2D eigenvalue weighted by atomic mass is 9.93. The lowest BCUT2D eigenvalue weighted by Crippen LogP contribution is -2.28. The van der Waals surface area contributed by atoms with Crippen LogP contribution in [0.4, 0.5) is 10.3 Å². The molecule has 0 fully saturated rings. The van der Waals surface area contributed by atoms with E-state index in [1.54, 1.807) is 10.7 Å². The predicted molar refractivity (Wildman–Crippen MR) is 97.4 cm³/mol. The lowest BCUT2D eigenvalue weighted by molar-refractivity contribution is 0.415. The van der Waals surface area contributed by atoms with Crippen molar-refractivity contribution in [1.82, 2.24) is 14.8 Å². The van der Waals surface area contributed by atoms with Gasteiger partial charge >= 0.3 is 0 Å². The van der Waals surface area contributed by atoms with E-state index in [2.05, 4.69) is 59.4 Å². The summed E-state index contributed by atoms with van der Waals surface area (Å²) in [5.41, 5.74) is 1.74. The third-order valence-corrected chi connectivity index (χ3v) is 5.24. The van der Waals surface area contributed by atoms with Crippen LogP contribution < -0.4 is 5.32 Å². The molecule has 3 aromatic rings. The summed E-state index contributed by atoms with van der Waals surface area (Å²) in [5.74, 6) is 0.416. The summed E-state index contributed by atoms with van der Waals surface area (Å²) < 4.78 is 18.1. The molecule has 2 atom stereocenters. The van der Waals surface area contributed by atoms with Gasteiger partial charge in [-0.3, -0.25) is 0 Å². The molecule has 0 amide bonds. The number of rotatable bonds is 2. The van der Waals surface area contributed by atoms with Crippen LogP contribution in [0.25, 0.3) is 0 Å². The first kappa shape index (κ1) is 15.8. The molecule has 2 aromatic carbocycles. The Hall–Kier alpha value is -1.73. The molecule has 1 N–H and O–H groups in total. The first-order valence-electron chi connectivity index (χ1n) is 7.48. The number of nitrogens with one attached hydrogen (secondary N) is 1. The minimum Gasteiger partial charge on any atom is -0.348 e. The van der Waals surface area contributed by atoms with Gasteiger partial charge in [-0.2, -0.15) is 10.1 Å². The highest BCUT2D eigenvalue weighted by molar-refractivity contribution is 9.10. The van der Waals surface area contributed by atoms with Crippen LogP contribution in [0.1, 0.15) is 29.6 Å². The number of halogens is 3. The van der Waals surface area contributed by atoms with Crippen molar-refractivity contribution in [1.29, 1.82) is 0 Å². The Kier molecular flexibility index (Phi) is 4.14. The zero-order valence-corrected chi connectivity index (χ0v) is 15.6. The largest absolute Gasteiger partial charge is 0.348 e. The average Bonchev–Trinajstić information content (AvgIpc) is 3.05. The van der Waals surface area contributed by atoms with Gasteiger partial charge < -0.3 is 5.32 Å². The van der Waals surface area contributed by atoms with Gasteiger partial charge in [0.05, 0.1) is 12.1 Å². The Morgan fingerprint density at radius 3 is 2.62 bits per heavy atom. The van der Waals surface area contributed by atoms with Crippen molar-refractivity contribution >= 4 is 37.8 Å². The van der Waals surface area contributed by atoms with E-state index in [4.69, 9.17) is 0 Å². The fourth-order valence-electron chi connectivity index (χ4n) is 3.06. The third kappa shape index (κ3) is 2.86. The number of benzene rings is 2. The van der Waals surface area contributed by atoms with Gasteiger partial charge in [0.1, 0.15) is 12.1 Å². The molecule has 24 heavy (non-hydrogen) atoms. The second-order valence-corrected chi connectivity index (χ2v) is 7.53. The van der Waals surface area contributed by atoms with Crippen LogP contribution in [0.15, 0.2) is 57.7 Å². The minimum atomic E-state index is -0.235. The highest BCUT2D eigenvalue weighted by atomic mass is 79.9. The maximum Gasteiger partial charge on any atom is 0.222 e. The Morgan fingerprint density at radius 1 is 1.08 bits per heavy atom. The van der Waals surface area contributed by atoms with Crippen molar-refractivity contribution in [3.63, 3.8) is 0 Å². The molecule has 7 heteroatoms. The standard InChI is InChI=1S/C17H13Br2FN4/c18-11-3-1-10(2-4-11)15-8-16(24-17(23-15)21-9-22-24)13-7-12(19)5-6-14(13)20/h1-7,9,15-16H,8H2,(H,21,22,23)/t15-,16+/m1/s1. The molecule has 0 saturated heterocycles. The molecule has 0 unspecified atom stereocenters. The normalized spacial score (nSPS) is 19.6. The molecule has 1 aromatic heterocycles. The van der Waals surface area contributed by atoms with Crippen LogP contribution in [0.3, 0.4) is 0 Å². The van der Waals surface area contributed by atoms with E-state index in [1.165, 1.54) is 12.4 Å². The van der Waals surface area contributed by atoms with E-state index < -0.39 is 0 Å². The Bertz CT molecular complexity index is 879. The highest BCUT2D eigenvalue weighted by Crippen LogP contribution is 2.38. The molecule has 2 heterocycles. The maximum atomic E-state index is 14.4. The van der Waals surface area contributed by atoms with Crippen LogP contribution in [-0.4, -0.2) is 14.8 Å². The molecule has 1 aliphatic heterocycles. The second-order valence-electron chi connectivity index (χ2n) is 5.69. The minimum absolute atomic E-state index is 0.0400. The summed E-state index contributed by atoms with van der Waals surface area (Å²) in [4.78, 5) is 4.28. The molecule has 1 aliphatic rings. The summed E-state index contributed by atoms with van der Waals surface area (Å²) in [6.45, 7) is 0. The lowest BCUT2D eigenvalue weighted by Gasteiger charge is -2.32. The van der Waals surface area contributed by atoms with E-state index in [1.807, 2.05) is 18.2 Å². The van der Waals surface area contributed by atoms with Crippen LogP contribution in [0.2, 0.25) is 0 Å². The topological polar surface area (TPSA) is 42.7 Å². The molecule has 4 rings (SSSR count). The number of anilines is 1. The summed E-state index contributed by atoms with van der Waals surface area (Å²) in [6, 6.07) is 12.9. The van der Waals surface area contributed by atoms with Gasteiger partial charge in [0, 0.05) is 14.5 Å². The molecular weight excluding hydrogens is 439 g/mol. The van der Waals surface area contributed by atoms with Gasteiger partial charge in [0.25, 0.3) is 0 Å². The van der Waals surface area contributed by atoms with Gasteiger partial charge in [-0.05, 0) is 42.3 Å². The number of hydrogen-bond donors (Lipinski definition) is 1. The Balaban J connectivity index is 1.76. The van der Waals surface area contributed by atoms with Crippen LogP contribution >= 0.6 is 31.9 Å². The molecule has 0 radical (unpaired) electrons. The maximum absolute atomic E-state index is 14.4. The number of aromatic nitrogens is 3. The second kappa shape index (κ2) is 6.29. The van der Waals surface area contributed by atoms with Gasteiger partial charge in [0.15, 0.2) is 0 Å². The summed E-state index contributed by atoms with van der Waals surface area (Å²) in [6.07, 6.45) is 2.18. The Morgan fingerprint density at radius 2 is 1.83 bits per heavy atom. The van der Waals surface area contributed by atoms with E-state index in [9.17, 15) is 4.39 Å². The monoisotopic (exact) mass is 450 g/mol. The number of fused-ring (bicyclic) bond motifs is 1. The van der Waals surface area contributed by atoms with E-state index in [0.717, 1.165) is 14.5 Å². The third-order valence-electron chi connectivity index (χ3n) is 4.22. The Labute approximate surface area is 155 Å². The number of hydrogen-bond acceptors (Lipinski definition) is 3. The molecular formula is C17H13Br2FN4. The zero-order valence-electron chi connectivity index (χ0n) is 12.5. The van der Waals surface area contributed by atoms with Crippen molar-refractivity contribution < 1.29 is 4.39 Å². The fourth-order valence-corrected chi connectivity index (χ4v) is 3.71. The van der Waals surface area contributed by atoms with Crippen LogP contribution in [0.5, 0.6) is 0 Å². The summed E-state index contributed by atoms with van der Waals surface area (Å²) in [5, 5.41) is 7.67. The summed E-state index contributed by atoms with van der Waals surface area (Å²) in [7, 11) is 0. The molecule has 0 aliphatic carbocycles. The smallest absolute Gasteiger partial charge is 0.222 e. The highest BCUT2D eigenvalue weighted by Gasteiger charge is 2.31. The molecule has 0 spiro atoms. The van der Waals surface area contributed by atoms with Gasteiger partial charge in [-0.15, -0.1) is 0 Å². The molecule has 0 saturated carbocycles. The van der Waals surface area contributed by atoms with Crippen molar-refractivity contribution in [2.75, 3.05) is 5.32 Å². The van der Waals surface area contributed by atoms with Gasteiger partial charge in [0.2, 0.25) is 5.95 Å². The van der Waals surface area contributed by atoms with Crippen LogP contribution in [-0.2, 0) is 0 Å². The van der Waals surface area contributed by atoms with Crippen molar-refractivity contribution in [3.05, 3.63) is 74.7 Å². The van der Waals surface area contributed by atoms with Crippen LogP contribution in [0, 0.1) is 5.82 Å². The van der Waals surface area contributed by atoms with E-state index in [0.29, 0.717) is 17.9 Å². The van der Waals surface area contributed by atoms with Crippen molar-refractivity contribution in [3.8, 4) is 0 Å². The number of nitrogens with zero attached hydrogens (tertiary/aromatic N) is 3. The SMILES string of the molecule is Fc1ccc(Br)cc1[C@@H]1C[C@H](c2ccc(Br)cc2)Nc2ncnn21. The average molecular weight is 452 g/mol. The molecule has 122 valence electrons. The van der Waals surface area contributed by atoms with Gasteiger partial charge in [-0.1, -0.05) is 44.0 Å². The quantitative estimate of drug-likeness (QED) is 0.590. The van der Waals surface area contributed by atoms with Crippen molar-refractivity contribution in [2.45, 2.75) is 18.5 Å². The first-order chi connectivity index (χ1) is 11.6.